The normalized spacial score (nSPS) is 10.7. The van der Waals surface area contributed by atoms with Crippen LogP contribution in [-0.4, -0.2) is 48.9 Å². The molecule has 0 spiro atoms. The van der Waals surface area contributed by atoms with E-state index in [2.05, 4.69) is 5.32 Å². The molecule has 0 unspecified atom stereocenters. The van der Waals surface area contributed by atoms with Gasteiger partial charge in [-0.1, -0.05) is 0 Å². The van der Waals surface area contributed by atoms with Crippen LogP contribution in [0.2, 0.25) is 0 Å². The first kappa shape index (κ1) is 16.4. The molecule has 0 heterocycles. The van der Waals surface area contributed by atoms with E-state index in [0.717, 1.165) is 0 Å². The Morgan fingerprint density at radius 1 is 1.17 bits per heavy atom. The molecular formula is C12H22N2O4. The number of carbonyl (C=O) groups is 3. The predicted octanol–water partition coefficient (Wildman–Crippen LogP) is 0.313. The third kappa shape index (κ3) is 7.65. The van der Waals surface area contributed by atoms with Crippen molar-refractivity contribution in [3.8, 4) is 0 Å². The number of hydrogen-bond acceptors (Lipinski definition) is 4. The van der Waals surface area contributed by atoms with Crippen molar-refractivity contribution in [3.05, 3.63) is 0 Å². The zero-order valence-electron chi connectivity index (χ0n) is 11.7. The van der Waals surface area contributed by atoms with Gasteiger partial charge in [-0.15, -0.1) is 0 Å². The molecule has 0 atom stereocenters. The summed E-state index contributed by atoms with van der Waals surface area (Å²) in [6, 6.07) is 0. The van der Waals surface area contributed by atoms with Gasteiger partial charge < -0.3 is 15.0 Å². The number of nitrogens with zero attached hydrogens (tertiary/aromatic N) is 1. The number of likely N-dealkylation sites (N-methyl/N-ethyl adjacent to an activating group) is 2. The molecule has 0 radical (unpaired) electrons. The molecular weight excluding hydrogens is 236 g/mol. The summed E-state index contributed by atoms with van der Waals surface area (Å²) < 4.78 is 5.08. The Labute approximate surface area is 108 Å². The third-order valence-corrected chi connectivity index (χ3v) is 2.05. The van der Waals surface area contributed by atoms with Gasteiger partial charge in [-0.25, -0.2) is 0 Å². The highest BCUT2D eigenvalue weighted by molar-refractivity contribution is 5.86. The van der Waals surface area contributed by atoms with E-state index in [9.17, 15) is 14.4 Å². The minimum atomic E-state index is -0.547. The van der Waals surface area contributed by atoms with E-state index in [1.807, 2.05) is 0 Å². The van der Waals surface area contributed by atoms with E-state index in [0.29, 0.717) is 0 Å². The molecule has 6 heteroatoms. The fourth-order valence-electron chi connectivity index (χ4n) is 1.18. The molecule has 18 heavy (non-hydrogen) atoms. The van der Waals surface area contributed by atoms with E-state index < -0.39 is 11.6 Å². The van der Waals surface area contributed by atoms with Crippen LogP contribution >= 0.6 is 0 Å². The van der Waals surface area contributed by atoms with Crippen LogP contribution in [0.15, 0.2) is 0 Å². The largest absolute Gasteiger partial charge is 0.460 e. The van der Waals surface area contributed by atoms with Gasteiger partial charge in [0.25, 0.3) is 0 Å². The molecule has 0 saturated heterocycles. The van der Waals surface area contributed by atoms with Gasteiger partial charge in [0, 0.05) is 20.5 Å². The van der Waals surface area contributed by atoms with Crippen LogP contribution in [0.3, 0.4) is 0 Å². The fraction of sp³-hybridized carbons (Fsp3) is 0.750. The lowest BCUT2D eigenvalue weighted by atomic mass is 10.2. The third-order valence-electron chi connectivity index (χ3n) is 2.05. The highest BCUT2D eigenvalue weighted by Gasteiger charge is 2.18. The summed E-state index contributed by atoms with van der Waals surface area (Å²) in [7, 11) is 3.02. The molecule has 0 aromatic heterocycles. The van der Waals surface area contributed by atoms with Crippen LogP contribution in [-0.2, 0) is 19.1 Å². The average molecular weight is 258 g/mol. The van der Waals surface area contributed by atoms with Crippen molar-refractivity contribution in [2.75, 3.05) is 20.6 Å². The van der Waals surface area contributed by atoms with Crippen LogP contribution in [0.25, 0.3) is 0 Å². The van der Waals surface area contributed by atoms with E-state index in [4.69, 9.17) is 4.74 Å². The quantitative estimate of drug-likeness (QED) is 0.720. The minimum absolute atomic E-state index is 0.0103. The SMILES string of the molecule is CNC(=O)CN(C)C(=O)CCC(=O)OC(C)(C)C. The Morgan fingerprint density at radius 2 is 1.72 bits per heavy atom. The number of carbonyl (C=O) groups excluding carboxylic acids is 3. The Bertz CT molecular complexity index is 321. The van der Waals surface area contributed by atoms with E-state index in [1.165, 1.54) is 19.0 Å². The highest BCUT2D eigenvalue weighted by atomic mass is 16.6. The first-order valence-corrected chi connectivity index (χ1v) is 5.82. The smallest absolute Gasteiger partial charge is 0.306 e. The monoisotopic (exact) mass is 258 g/mol. The lowest BCUT2D eigenvalue weighted by Gasteiger charge is -2.20. The Hall–Kier alpha value is -1.59. The molecule has 104 valence electrons. The first-order valence-electron chi connectivity index (χ1n) is 5.82. The topological polar surface area (TPSA) is 75.7 Å². The second-order valence-corrected chi connectivity index (χ2v) is 5.01. The summed E-state index contributed by atoms with van der Waals surface area (Å²) in [4.78, 5) is 35.3. The molecule has 2 amide bonds. The van der Waals surface area contributed by atoms with E-state index in [-0.39, 0.29) is 31.2 Å². The maximum absolute atomic E-state index is 11.6. The molecule has 0 aliphatic heterocycles. The molecule has 0 aromatic rings. The second kappa shape index (κ2) is 6.98. The molecule has 0 bridgehead atoms. The summed E-state index contributed by atoms with van der Waals surface area (Å²) in [5, 5.41) is 2.42. The predicted molar refractivity (Wildman–Crippen MR) is 66.8 cm³/mol. The molecule has 0 aromatic carbocycles. The second-order valence-electron chi connectivity index (χ2n) is 5.01. The van der Waals surface area contributed by atoms with Crippen molar-refractivity contribution in [2.45, 2.75) is 39.2 Å². The summed E-state index contributed by atoms with van der Waals surface area (Å²) in [6.07, 6.45) is 0.0661. The zero-order valence-corrected chi connectivity index (χ0v) is 11.7. The summed E-state index contributed by atoms with van der Waals surface area (Å²) in [5.74, 6) is -0.920. The Morgan fingerprint density at radius 3 is 2.17 bits per heavy atom. The lowest BCUT2D eigenvalue weighted by molar-refractivity contribution is -0.156. The molecule has 0 saturated carbocycles. The summed E-state index contributed by atoms with van der Waals surface area (Å²) in [6.45, 7) is 5.29. The fourth-order valence-corrected chi connectivity index (χ4v) is 1.18. The van der Waals surface area contributed by atoms with Crippen molar-refractivity contribution in [1.82, 2.24) is 10.2 Å². The van der Waals surface area contributed by atoms with E-state index >= 15 is 0 Å². The number of esters is 1. The standard InChI is InChI=1S/C12H22N2O4/c1-12(2,3)18-11(17)7-6-10(16)14(5)8-9(15)13-4/h6-8H2,1-5H3,(H,13,15). The molecule has 0 rings (SSSR count). The van der Waals surface area contributed by atoms with Crippen molar-refractivity contribution in [2.24, 2.45) is 0 Å². The maximum Gasteiger partial charge on any atom is 0.306 e. The minimum Gasteiger partial charge on any atom is -0.460 e. The zero-order chi connectivity index (χ0) is 14.3. The number of nitrogens with one attached hydrogen (secondary N) is 1. The van der Waals surface area contributed by atoms with Gasteiger partial charge in [-0.3, -0.25) is 14.4 Å². The van der Waals surface area contributed by atoms with Gasteiger partial charge in [0.2, 0.25) is 11.8 Å². The average Bonchev–Trinajstić information content (AvgIpc) is 2.23. The van der Waals surface area contributed by atoms with Crippen LogP contribution in [0.4, 0.5) is 0 Å². The number of rotatable bonds is 5. The summed E-state index contributed by atoms with van der Waals surface area (Å²) >= 11 is 0. The van der Waals surface area contributed by atoms with Gasteiger partial charge in [-0.05, 0) is 20.8 Å². The Balaban J connectivity index is 4.03. The van der Waals surface area contributed by atoms with Gasteiger partial charge >= 0.3 is 5.97 Å². The molecule has 1 N–H and O–H groups in total. The van der Waals surface area contributed by atoms with Crippen LogP contribution in [0, 0.1) is 0 Å². The maximum atomic E-state index is 11.6. The first-order chi connectivity index (χ1) is 8.15. The van der Waals surface area contributed by atoms with Crippen LogP contribution in [0.1, 0.15) is 33.6 Å². The van der Waals surface area contributed by atoms with Crippen molar-refractivity contribution < 1.29 is 19.1 Å². The highest BCUT2D eigenvalue weighted by Crippen LogP contribution is 2.09. The van der Waals surface area contributed by atoms with Crippen LogP contribution in [0.5, 0.6) is 0 Å². The van der Waals surface area contributed by atoms with Gasteiger partial charge in [0.05, 0.1) is 13.0 Å². The van der Waals surface area contributed by atoms with Gasteiger partial charge in [-0.2, -0.15) is 0 Å². The Kier molecular flexibility index (Phi) is 6.36. The lowest BCUT2D eigenvalue weighted by Crippen LogP contribution is -2.37. The van der Waals surface area contributed by atoms with Crippen molar-refractivity contribution in [1.29, 1.82) is 0 Å². The molecule has 0 aliphatic carbocycles. The van der Waals surface area contributed by atoms with Crippen molar-refractivity contribution >= 4 is 17.8 Å². The van der Waals surface area contributed by atoms with E-state index in [1.54, 1.807) is 20.8 Å². The van der Waals surface area contributed by atoms with Gasteiger partial charge in [0.15, 0.2) is 0 Å². The summed E-state index contributed by atoms with van der Waals surface area (Å²) in [5.41, 5.74) is -0.547. The molecule has 0 aliphatic rings. The van der Waals surface area contributed by atoms with Crippen LogP contribution < -0.4 is 5.32 Å². The van der Waals surface area contributed by atoms with Crippen molar-refractivity contribution in [3.63, 3.8) is 0 Å². The number of hydrogen-bond donors (Lipinski definition) is 1. The number of amides is 2. The van der Waals surface area contributed by atoms with Gasteiger partial charge in [0.1, 0.15) is 5.60 Å². The number of ether oxygens (including phenoxy) is 1. The molecule has 0 fully saturated rings. The molecule has 6 nitrogen and oxygen atoms in total.